The minimum atomic E-state index is -0.113. The molecule has 2 rings (SSSR count). The van der Waals surface area contributed by atoms with E-state index in [1.165, 1.54) is 7.11 Å². The summed E-state index contributed by atoms with van der Waals surface area (Å²) in [6, 6.07) is 5.52. The minimum Gasteiger partial charge on any atom is -0.469 e. The second-order valence-electron chi connectivity index (χ2n) is 4.50. The van der Waals surface area contributed by atoms with E-state index in [0.29, 0.717) is 10.7 Å². The Morgan fingerprint density at radius 1 is 1.44 bits per heavy atom. The SMILES string of the molecule is COC(=O)C1CCN(c2ccc(N)cc2Cl)CC1. The minimum absolute atomic E-state index is 0.0128. The fourth-order valence-electron chi connectivity index (χ4n) is 2.30. The summed E-state index contributed by atoms with van der Waals surface area (Å²) in [6.07, 6.45) is 1.60. The van der Waals surface area contributed by atoms with E-state index < -0.39 is 0 Å². The van der Waals surface area contributed by atoms with Gasteiger partial charge in [-0.05, 0) is 31.0 Å². The van der Waals surface area contributed by atoms with E-state index in [9.17, 15) is 4.79 Å². The molecule has 1 aromatic carbocycles. The standard InChI is InChI=1S/C13H17ClN2O2/c1-18-13(17)9-4-6-16(7-5-9)12-3-2-10(15)8-11(12)14/h2-3,8-9H,4-7,15H2,1H3. The highest BCUT2D eigenvalue weighted by Gasteiger charge is 2.26. The molecule has 1 heterocycles. The lowest BCUT2D eigenvalue weighted by atomic mass is 9.96. The summed E-state index contributed by atoms with van der Waals surface area (Å²) < 4.78 is 4.77. The maximum absolute atomic E-state index is 11.4. The summed E-state index contributed by atoms with van der Waals surface area (Å²) in [5.41, 5.74) is 7.31. The average Bonchev–Trinajstić information content (AvgIpc) is 2.38. The number of rotatable bonds is 2. The van der Waals surface area contributed by atoms with E-state index in [-0.39, 0.29) is 11.9 Å². The highest BCUT2D eigenvalue weighted by molar-refractivity contribution is 6.33. The smallest absolute Gasteiger partial charge is 0.308 e. The zero-order chi connectivity index (χ0) is 13.1. The number of carbonyl (C=O) groups is 1. The third-order valence-electron chi connectivity index (χ3n) is 3.34. The van der Waals surface area contributed by atoms with Crippen LogP contribution < -0.4 is 10.6 Å². The molecule has 1 aliphatic heterocycles. The first-order valence-corrected chi connectivity index (χ1v) is 6.37. The molecule has 1 aliphatic rings. The quantitative estimate of drug-likeness (QED) is 0.661. The molecule has 98 valence electrons. The Labute approximate surface area is 112 Å². The molecule has 0 saturated carbocycles. The van der Waals surface area contributed by atoms with E-state index in [4.69, 9.17) is 22.1 Å². The molecule has 0 spiro atoms. The van der Waals surface area contributed by atoms with Crippen molar-refractivity contribution in [3.63, 3.8) is 0 Å². The predicted molar refractivity (Wildman–Crippen MR) is 72.8 cm³/mol. The van der Waals surface area contributed by atoms with E-state index in [1.807, 2.05) is 12.1 Å². The molecule has 4 nitrogen and oxygen atoms in total. The summed E-state index contributed by atoms with van der Waals surface area (Å²) in [4.78, 5) is 13.6. The van der Waals surface area contributed by atoms with Crippen LogP contribution in [-0.2, 0) is 9.53 Å². The topological polar surface area (TPSA) is 55.6 Å². The first-order chi connectivity index (χ1) is 8.61. The number of nitrogens with zero attached hydrogens (tertiary/aromatic N) is 1. The number of hydrogen-bond donors (Lipinski definition) is 1. The summed E-state index contributed by atoms with van der Waals surface area (Å²) in [7, 11) is 1.44. The molecular weight excluding hydrogens is 252 g/mol. The van der Waals surface area contributed by atoms with Gasteiger partial charge < -0.3 is 15.4 Å². The highest BCUT2D eigenvalue weighted by Crippen LogP contribution is 2.31. The van der Waals surface area contributed by atoms with Gasteiger partial charge in [0, 0.05) is 18.8 Å². The Bertz CT molecular complexity index is 443. The molecule has 0 unspecified atom stereocenters. The molecule has 1 aromatic rings. The molecule has 0 amide bonds. The summed E-state index contributed by atoms with van der Waals surface area (Å²) in [6.45, 7) is 1.62. The van der Waals surface area contributed by atoms with Gasteiger partial charge in [0.05, 0.1) is 23.7 Å². The van der Waals surface area contributed by atoms with Crippen LogP contribution in [0.15, 0.2) is 18.2 Å². The van der Waals surface area contributed by atoms with Crippen molar-refractivity contribution in [1.82, 2.24) is 0 Å². The Morgan fingerprint density at radius 3 is 2.67 bits per heavy atom. The van der Waals surface area contributed by atoms with Crippen molar-refractivity contribution in [3.8, 4) is 0 Å². The number of halogens is 1. The average molecular weight is 269 g/mol. The van der Waals surface area contributed by atoms with E-state index in [2.05, 4.69) is 4.90 Å². The Morgan fingerprint density at radius 2 is 2.11 bits per heavy atom. The van der Waals surface area contributed by atoms with Crippen molar-refractivity contribution in [1.29, 1.82) is 0 Å². The number of piperidine rings is 1. The van der Waals surface area contributed by atoms with Crippen molar-refractivity contribution in [2.24, 2.45) is 5.92 Å². The van der Waals surface area contributed by atoms with E-state index >= 15 is 0 Å². The molecular formula is C13H17ClN2O2. The van der Waals surface area contributed by atoms with Gasteiger partial charge in [-0.25, -0.2) is 0 Å². The summed E-state index contributed by atoms with van der Waals surface area (Å²) >= 11 is 6.18. The Hall–Kier alpha value is -1.42. The van der Waals surface area contributed by atoms with Crippen molar-refractivity contribution in [2.45, 2.75) is 12.8 Å². The number of carbonyl (C=O) groups excluding carboxylic acids is 1. The predicted octanol–water partition coefficient (Wildman–Crippen LogP) is 2.31. The van der Waals surface area contributed by atoms with Crippen LogP contribution in [0.25, 0.3) is 0 Å². The number of nitrogen functional groups attached to an aromatic ring is 1. The van der Waals surface area contributed by atoms with Crippen molar-refractivity contribution >= 4 is 28.9 Å². The Kier molecular flexibility index (Phi) is 3.97. The lowest BCUT2D eigenvalue weighted by molar-refractivity contribution is -0.146. The van der Waals surface area contributed by atoms with Crippen LogP contribution >= 0.6 is 11.6 Å². The van der Waals surface area contributed by atoms with Crippen LogP contribution in [0, 0.1) is 5.92 Å². The van der Waals surface area contributed by atoms with Gasteiger partial charge in [0.15, 0.2) is 0 Å². The molecule has 0 radical (unpaired) electrons. The highest BCUT2D eigenvalue weighted by atomic mass is 35.5. The third kappa shape index (κ3) is 2.70. The summed E-state index contributed by atoms with van der Waals surface area (Å²) in [5, 5.41) is 0.659. The van der Waals surface area contributed by atoms with Gasteiger partial charge >= 0.3 is 5.97 Å². The fourth-order valence-corrected chi connectivity index (χ4v) is 2.61. The molecule has 1 saturated heterocycles. The number of esters is 1. The van der Waals surface area contributed by atoms with E-state index in [1.54, 1.807) is 6.07 Å². The molecule has 0 atom stereocenters. The van der Waals surface area contributed by atoms with Gasteiger partial charge in [0.25, 0.3) is 0 Å². The van der Waals surface area contributed by atoms with Gasteiger partial charge in [-0.2, -0.15) is 0 Å². The molecule has 0 aromatic heterocycles. The van der Waals surface area contributed by atoms with Crippen LogP contribution in [0.5, 0.6) is 0 Å². The van der Waals surface area contributed by atoms with E-state index in [0.717, 1.165) is 31.6 Å². The van der Waals surface area contributed by atoms with Crippen LogP contribution in [0.1, 0.15) is 12.8 Å². The molecule has 2 N–H and O–H groups in total. The first kappa shape index (κ1) is 13.0. The number of nitrogens with two attached hydrogens (primary N) is 1. The zero-order valence-corrected chi connectivity index (χ0v) is 11.1. The van der Waals surface area contributed by atoms with Gasteiger partial charge in [-0.1, -0.05) is 11.6 Å². The van der Waals surface area contributed by atoms with Gasteiger partial charge in [0.2, 0.25) is 0 Å². The molecule has 1 fully saturated rings. The van der Waals surface area contributed by atoms with Crippen LogP contribution in [0.3, 0.4) is 0 Å². The molecule has 0 bridgehead atoms. The van der Waals surface area contributed by atoms with Crippen LogP contribution in [0.2, 0.25) is 5.02 Å². The van der Waals surface area contributed by atoms with Crippen molar-refractivity contribution < 1.29 is 9.53 Å². The maximum Gasteiger partial charge on any atom is 0.308 e. The van der Waals surface area contributed by atoms with Gasteiger partial charge in [-0.3, -0.25) is 4.79 Å². The van der Waals surface area contributed by atoms with Crippen LogP contribution in [0.4, 0.5) is 11.4 Å². The number of methoxy groups -OCH3 is 1. The normalized spacial score (nSPS) is 16.7. The molecule has 0 aliphatic carbocycles. The maximum atomic E-state index is 11.4. The molecule has 18 heavy (non-hydrogen) atoms. The number of anilines is 2. The third-order valence-corrected chi connectivity index (χ3v) is 3.64. The second-order valence-corrected chi connectivity index (χ2v) is 4.90. The first-order valence-electron chi connectivity index (χ1n) is 5.99. The van der Waals surface area contributed by atoms with Gasteiger partial charge in [0.1, 0.15) is 0 Å². The number of benzene rings is 1. The Balaban J connectivity index is 2.03. The fraction of sp³-hybridized carbons (Fsp3) is 0.462. The number of hydrogen-bond acceptors (Lipinski definition) is 4. The largest absolute Gasteiger partial charge is 0.469 e. The lowest BCUT2D eigenvalue weighted by Gasteiger charge is -2.33. The summed E-state index contributed by atoms with van der Waals surface area (Å²) in [5.74, 6) is -0.100. The number of ether oxygens (including phenoxy) is 1. The second kappa shape index (κ2) is 5.48. The lowest BCUT2D eigenvalue weighted by Crippen LogP contribution is -2.36. The van der Waals surface area contributed by atoms with Crippen molar-refractivity contribution in [2.75, 3.05) is 30.8 Å². The zero-order valence-electron chi connectivity index (χ0n) is 10.4. The van der Waals surface area contributed by atoms with Crippen LogP contribution in [-0.4, -0.2) is 26.2 Å². The van der Waals surface area contributed by atoms with Gasteiger partial charge in [-0.15, -0.1) is 0 Å². The van der Waals surface area contributed by atoms with Crippen molar-refractivity contribution in [3.05, 3.63) is 23.2 Å². The monoisotopic (exact) mass is 268 g/mol. The molecule has 5 heteroatoms.